The first kappa shape index (κ1) is 20.2. The molecular weight excluding hydrogens is 423 g/mol. The monoisotopic (exact) mass is 437 g/mol. The predicted molar refractivity (Wildman–Crippen MR) is 104 cm³/mol. The Kier molecular flexibility index (Phi) is 5.15. The van der Waals surface area contributed by atoms with Gasteiger partial charge in [0.25, 0.3) is 5.56 Å². The summed E-state index contributed by atoms with van der Waals surface area (Å²) in [7, 11) is 0. The number of carbonyl (C=O) groups excluding carboxylic acids is 1. The summed E-state index contributed by atoms with van der Waals surface area (Å²) >= 11 is 5.93. The quantitative estimate of drug-likeness (QED) is 0.651. The van der Waals surface area contributed by atoms with Gasteiger partial charge in [0.2, 0.25) is 5.91 Å². The smallest absolute Gasteiger partial charge is 0.403 e. The van der Waals surface area contributed by atoms with Gasteiger partial charge < -0.3 is 4.74 Å². The molecule has 1 amide bonds. The summed E-state index contributed by atoms with van der Waals surface area (Å²) in [5.74, 6) is -0.973. The number of nitrogens with one attached hydrogen (secondary N) is 1. The zero-order chi connectivity index (χ0) is 21.5. The van der Waals surface area contributed by atoms with Crippen molar-refractivity contribution in [1.29, 1.82) is 0 Å². The first-order chi connectivity index (χ1) is 14.2. The van der Waals surface area contributed by atoms with Crippen LogP contribution in [0.4, 0.5) is 13.2 Å². The maximum atomic E-state index is 13.0. The van der Waals surface area contributed by atoms with E-state index in [-0.39, 0.29) is 29.1 Å². The number of fused-ring (bicyclic) bond motifs is 1. The molecule has 0 aliphatic heterocycles. The van der Waals surface area contributed by atoms with E-state index in [2.05, 4.69) is 15.1 Å². The molecule has 6 nitrogen and oxygen atoms in total. The number of carbonyl (C=O) groups is 1. The van der Waals surface area contributed by atoms with Gasteiger partial charge in [-0.3, -0.25) is 15.0 Å². The van der Waals surface area contributed by atoms with Gasteiger partial charge in [0.1, 0.15) is 11.3 Å². The topological polar surface area (TPSA) is 73.2 Å². The van der Waals surface area contributed by atoms with Gasteiger partial charge in [-0.1, -0.05) is 29.8 Å². The number of para-hydroxylation sites is 1. The van der Waals surface area contributed by atoms with E-state index < -0.39 is 23.6 Å². The highest BCUT2D eigenvalue weighted by molar-refractivity contribution is 6.30. The van der Waals surface area contributed by atoms with E-state index in [1.54, 1.807) is 24.3 Å². The van der Waals surface area contributed by atoms with Crippen molar-refractivity contribution in [3.8, 4) is 5.75 Å². The summed E-state index contributed by atoms with van der Waals surface area (Å²) in [5.41, 5.74) is 2.31. The van der Waals surface area contributed by atoms with Gasteiger partial charge in [0, 0.05) is 10.9 Å². The highest BCUT2D eigenvalue weighted by atomic mass is 35.5. The first-order valence-electron chi connectivity index (χ1n) is 9.07. The van der Waals surface area contributed by atoms with Crippen molar-refractivity contribution in [3.63, 3.8) is 0 Å². The second kappa shape index (κ2) is 7.64. The number of alkyl halides is 3. The van der Waals surface area contributed by atoms with Gasteiger partial charge in [-0.05, 0) is 42.7 Å². The number of rotatable bonds is 5. The van der Waals surface area contributed by atoms with Crippen LogP contribution < -0.4 is 15.7 Å². The molecule has 1 saturated carbocycles. The molecule has 1 aromatic heterocycles. The van der Waals surface area contributed by atoms with Crippen molar-refractivity contribution in [2.75, 3.05) is 5.43 Å². The molecule has 0 atom stereocenters. The predicted octanol–water partition coefficient (Wildman–Crippen LogP) is 4.14. The SMILES string of the molecule is O=C(Cc1cccc(Cl)c1)Nn1c(C2CC2)nc2c(OC(F)(F)F)cccc2c1=O. The number of hydrogen-bond acceptors (Lipinski definition) is 4. The van der Waals surface area contributed by atoms with E-state index in [4.69, 9.17) is 11.6 Å². The molecule has 0 spiro atoms. The first-order valence-corrected chi connectivity index (χ1v) is 9.45. The van der Waals surface area contributed by atoms with Crippen molar-refractivity contribution >= 4 is 28.4 Å². The van der Waals surface area contributed by atoms with Gasteiger partial charge in [-0.25, -0.2) is 9.66 Å². The van der Waals surface area contributed by atoms with E-state index in [0.29, 0.717) is 23.4 Å². The van der Waals surface area contributed by atoms with Crippen LogP contribution in [-0.2, 0) is 11.2 Å². The van der Waals surface area contributed by atoms with Gasteiger partial charge in [0.05, 0.1) is 11.8 Å². The van der Waals surface area contributed by atoms with Crippen LogP contribution in [0, 0.1) is 0 Å². The fraction of sp³-hybridized carbons (Fsp3) is 0.250. The van der Waals surface area contributed by atoms with Crippen LogP contribution in [0.25, 0.3) is 10.9 Å². The van der Waals surface area contributed by atoms with Gasteiger partial charge in [0.15, 0.2) is 5.75 Å². The van der Waals surface area contributed by atoms with E-state index >= 15 is 0 Å². The summed E-state index contributed by atoms with van der Waals surface area (Å²) in [6, 6.07) is 10.4. The molecule has 1 aliphatic carbocycles. The van der Waals surface area contributed by atoms with Crippen molar-refractivity contribution in [1.82, 2.24) is 9.66 Å². The number of aromatic nitrogens is 2. The van der Waals surface area contributed by atoms with Crippen molar-refractivity contribution in [3.05, 3.63) is 69.2 Å². The average molecular weight is 438 g/mol. The maximum absolute atomic E-state index is 13.0. The van der Waals surface area contributed by atoms with E-state index in [1.165, 1.54) is 12.1 Å². The van der Waals surface area contributed by atoms with E-state index in [9.17, 15) is 22.8 Å². The average Bonchev–Trinajstić information content (AvgIpc) is 3.48. The van der Waals surface area contributed by atoms with Crippen LogP contribution in [0.5, 0.6) is 5.75 Å². The molecule has 156 valence electrons. The summed E-state index contributed by atoms with van der Waals surface area (Å²) in [4.78, 5) is 29.8. The number of hydrogen-bond donors (Lipinski definition) is 1. The Balaban J connectivity index is 1.72. The van der Waals surface area contributed by atoms with Gasteiger partial charge in [-0.2, -0.15) is 0 Å². The van der Waals surface area contributed by atoms with Crippen LogP contribution in [0.3, 0.4) is 0 Å². The number of benzene rings is 2. The Morgan fingerprint density at radius 1 is 1.23 bits per heavy atom. The molecule has 0 unspecified atom stereocenters. The van der Waals surface area contributed by atoms with Crippen LogP contribution in [-0.4, -0.2) is 21.9 Å². The highest BCUT2D eigenvalue weighted by Gasteiger charge is 2.34. The number of amides is 1. The molecule has 30 heavy (non-hydrogen) atoms. The third-order valence-electron chi connectivity index (χ3n) is 4.55. The van der Waals surface area contributed by atoms with Crippen molar-refractivity contribution in [2.45, 2.75) is 31.5 Å². The van der Waals surface area contributed by atoms with E-state index in [1.807, 2.05) is 0 Å². The Morgan fingerprint density at radius 2 is 1.97 bits per heavy atom. The minimum atomic E-state index is -4.92. The summed E-state index contributed by atoms with van der Waals surface area (Å²) in [5, 5.41) is 0.380. The third-order valence-corrected chi connectivity index (χ3v) is 4.78. The zero-order valence-electron chi connectivity index (χ0n) is 15.4. The molecule has 0 bridgehead atoms. The largest absolute Gasteiger partial charge is 0.573 e. The van der Waals surface area contributed by atoms with E-state index in [0.717, 1.165) is 10.7 Å². The molecule has 0 saturated heterocycles. The van der Waals surface area contributed by atoms with Crippen molar-refractivity contribution in [2.24, 2.45) is 0 Å². The maximum Gasteiger partial charge on any atom is 0.573 e. The van der Waals surface area contributed by atoms with Crippen LogP contribution >= 0.6 is 11.6 Å². The number of ether oxygens (including phenoxy) is 1. The lowest BCUT2D eigenvalue weighted by atomic mass is 10.1. The number of nitrogens with zero attached hydrogens (tertiary/aromatic N) is 2. The minimum absolute atomic E-state index is 0.0353. The normalized spacial score (nSPS) is 14.0. The lowest BCUT2D eigenvalue weighted by molar-refractivity contribution is -0.274. The Hall–Kier alpha value is -3.07. The second-order valence-electron chi connectivity index (χ2n) is 6.93. The molecule has 0 radical (unpaired) electrons. The summed E-state index contributed by atoms with van der Waals surface area (Å²) in [6.45, 7) is 0. The minimum Gasteiger partial charge on any atom is -0.403 e. The molecule has 1 N–H and O–H groups in total. The van der Waals surface area contributed by atoms with Crippen LogP contribution in [0.15, 0.2) is 47.3 Å². The zero-order valence-corrected chi connectivity index (χ0v) is 16.1. The second-order valence-corrected chi connectivity index (χ2v) is 7.36. The molecule has 1 heterocycles. The van der Waals surface area contributed by atoms with Crippen LogP contribution in [0.1, 0.15) is 30.1 Å². The molecular formula is C20H15ClF3N3O3. The summed E-state index contributed by atoms with van der Waals surface area (Å²) < 4.78 is 43.2. The molecule has 3 aromatic rings. The van der Waals surface area contributed by atoms with Crippen LogP contribution in [0.2, 0.25) is 5.02 Å². The molecule has 1 fully saturated rings. The highest BCUT2D eigenvalue weighted by Crippen LogP contribution is 2.39. The molecule has 2 aromatic carbocycles. The molecule has 1 aliphatic rings. The lowest BCUT2D eigenvalue weighted by Crippen LogP contribution is -2.37. The Bertz CT molecular complexity index is 1190. The number of halogens is 4. The Labute approximate surface area is 173 Å². The Morgan fingerprint density at radius 3 is 2.63 bits per heavy atom. The van der Waals surface area contributed by atoms with Gasteiger partial charge >= 0.3 is 6.36 Å². The van der Waals surface area contributed by atoms with Gasteiger partial charge in [-0.15, -0.1) is 13.2 Å². The lowest BCUT2D eigenvalue weighted by Gasteiger charge is -2.16. The standard InChI is InChI=1S/C20H15ClF3N3O3/c21-13-4-1-3-11(9-13)10-16(28)26-27-18(12-7-8-12)25-17-14(19(27)29)5-2-6-15(17)30-20(22,23)24/h1-6,9,12H,7-8,10H2,(H,26,28). The summed E-state index contributed by atoms with van der Waals surface area (Å²) in [6.07, 6.45) is -3.53. The molecule has 10 heteroatoms. The third kappa shape index (κ3) is 4.40. The fourth-order valence-corrected chi connectivity index (χ4v) is 3.34. The molecule has 4 rings (SSSR count). The van der Waals surface area contributed by atoms with Crippen molar-refractivity contribution < 1.29 is 22.7 Å². The fourth-order valence-electron chi connectivity index (χ4n) is 3.13.